The van der Waals surface area contributed by atoms with Crippen molar-refractivity contribution in [3.05, 3.63) is 59.7 Å². The molecule has 1 N–H and O–H groups in total. The van der Waals surface area contributed by atoms with Crippen LogP contribution in [0.15, 0.2) is 42.6 Å². The van der Waals surface area contributed by atoms with Crippen LogP contribution >= 0.6 is 0 Å². The first-order chi connectivity index (χ1) is 11.7. The van der Waals surface area contributed by atoms with E-state index in [2.05, 4.69) is 16.0 Å². The number of aromatic hydroxyl groups is 1. The zero-order chi connectivity index (χ0) is 16.5. The SMILES string of the molecule is O=C(c1ccnc(C2CC2)n1)N1CC=C(c2ccc(O)cc2)CC1. The molecule has 1 amide bonds. The summed E-state index contributed by atoms with van der Waals surface area (Å²) in [5, 5.41) is 9.38. The van der Waals surface area contributed by atoms with Crippen molar-refractivity contribution in [3.63, 3.8) is 0 Å². The van der Waals surface area contributed by atoms with Crippen molar-refractivity contribution in [2.45, 2.75) is 25.2 Å². The number of hydrogen-bond donors (Lipinski definition) is 1. The third-order valence-electron chi connectivity index (χ3n) is 4.57. The van der Waals surface area contributed by atoms with E-state index in [0.717, 1.165) is 30.7 Å². The number of rotatable bonds is 3. The second kappa shape index (κ2) is 6.07. The van der Waals surface area contributed by atoms with Crippen LogP contribution in [0.25, 0.3) is 5.57 Å². The molecule has 0 saturated heterocycles. The van der Waals surface area contributed by atoms with Gasteiger partial charge in [0.05, 0.1) is 0 Å². The summed E-state index contributed by atoms with van der Waals surface area (Å²) in [6.07, 6.45) is 6.82. The third-order valence-corrected chi connectivity index (χ3v) is 4.57. The molecule has 1 fully saturated rings. The molecule has 5 nitrogen and oxygen atoms in total. The van der Waals surface area contributed by atoms with Gasteiger partial charge in [-0.05, 0) is 48.6 Å². The zero-order valence-corrected chi connectivity index (χ0v) is 13.4. The molecule has 2 aromatic rings. The highest BCUT2D eigenvalue weighted by atomic mass is 16.3. The van der Waals surface area contributed by atoms with Crippen molar-refractivity contribution in [3.8, 4) is 5.75 Å². The molecule has 0 unspecified atom stereocenters. The molecular formula is C19H19N3O2. The van der Waals surface area contributed by atoms with Crippen LogP contribution in [-0.4, -0.2) is 39.0 Å². The lowest BCUT2D eigenvalue weighted by molar-refractivity contribution is 0.0766. The molecule has 1 aromatic carbocycles. The van der Waals surface area contributed by atoms with Gasteiger partial charge < -0.3 is 10.0 Å². The fraction of sp³-hybridized carbons (Fsp3) is 0.316. The molecule has 1 aromatic heterocycles. The monoisotopic (exact) mass is 321 g/mol. The maximum atomic E-state index is 12.7. The highest BCUT2D eigenvalue weighted by molar-refractivity contribution is 5.92. The number of aromatic nitrogens is 2. The molecule has 4 rings (SSSR count). The Balaban J connectivity index is 1.47. The minimum absolute atomic E-state index is 0.0275. The lowest BCUT2D eigenvalue weighted by atomic mass is 9.99. The van der Waals surface area contributed by atoms with Crippen LogP contribution in [0.3, 0.4) is 0 Å². The number of nitrogens with zero attached hydrogens (tertiary/aromatic N) is 3. The molecule has 1 aliphatic heterocycles. The van der Waals surface area contributed by atoms with E-state index in [0.29, 0.717) is 24.7 Å². The van der Waals surface area contributed by atoms with Crippen molar-refractivity contribution in [1.82, 2.24) is 14.9 Å². The molecule has 0 spiro atoms. The Morgan fingerprint density at radius 2 is 1.96 bits per heavy atom. The van der Waals surface area contributed by atoms with Crippen LogP contribution in [-0.2, 0) is 0 Å². The summed E-state index contributed by atoms with van der Waals surface area (Å²) in [4.78, 5) is 23.2. The molecule has 24 heavy (non-hydrogen) atoms. The quantitative estimate of drug-likeness (QED) is 0.944. The average Bonchev–Trinajstić information content (AvgIpc) is 3.47. The van der Waals surface area contributed by atoms with Gasteiger partial charge in [-0.2, -0.15) is 0 Å². The predicted octanol–water partition coefficient (Wildman–Crippen LogP) is 2.99. The second-order valence-electron chi connectivity index (χ2n) is 6.35. The Bertz CT molecular complexity index is 795. The van der Waals surface area contributed by atoms with Gasteiger partial charge in [-0.15, -0.1) is 0 Å². The van der Waals surface area contributed by atoms with Gasteiger partial charge in [-0.25, -0.2) is 9.97 Å². The summed E-state index contributed by atoms with van der Waals surface area (Å²) in [5.74, 6) is 1.49. The topological polar surface area (TPSA) is 66.3 Å². The molecule has 122 valence electrons. The van der Waals surface area contributed by atoms with Crippen LogP contribution in [0.1, 0.15) is 47.1 Å². The van der Waals surface area contributed by atoms with E-state index in [9.17, 15) is 9.90 Å². The third kappa shape index (κ3) is 3.02. The number of carbonyl (C=O) groups excluding carboxylic acids is 1. The Kier molecular flexibility index (Phi) is 3.76. The van der Waals surface area contributed by atoms with Crippen LogP contribution in [0.5, 0.6) is 5.75 Å². The van der Waals surface area contributed by atoms with Gasteiger partial charge in [-0.3, -0.25) is 4.79 Å². The molecule has 0 radical (unpaired) electrons. The number of carbonyl (C=O) groups is 1. The standard InChI is InChI=1S/C19H19N3O2/c23-16-5-3-13(4-6-16)14-8-11-22(12-9-14)19(24)17-7-10-20-18(21-17)15-1-2-15/h3-8,10,15,23H,1-2,9,11-12H2. The Hall–Kier alpha value is -2.69. The zero-order valence-electron chi connectivity index (χ0n) is 13.4. The largest absolute Gasteiger partial charge is 0.508 e. The van der Waals surface area contributed by atoms with E-state index in [1.54, 1.807) is 24.4 Å². The van der Waals surface area contributed by atoms with Crippen LogP contribution in [0.4, 0.5) is 0 Å². The molecule has 0 atom stereocenters. The lowest BCUT2D eigenvalue weighted by Crippen LogP contribution is -2.35. The fourth-order valence-corrected chi connectivity index (χ4v) is 2.98. The maximum Gasteiger partial charge on any atom is 0.272 e. The van der Waals surface area contributed by atoms with E-state index in [1.807, 2.05) is 17.0 Å². The summed E-state index contributed by atoms with van der Waals surface area (Å²) in [6.45, 7) is 1.26. The summed E-state index contributed by atoms with van der Waals surface area (Å²) in [6, 6.07) is 8.89. The number of amides is 1. The first-order valence-electron chi connectivity index (χ1n) is 8.31. The Labute approximate surface area is 140 Å². The lowest BCUT2D eigenvalue weighted by Gasteiger charge is -2.26. The summed E-state index contributed by atoms with van der Waals surface area (Å²) >= 11 is 0. The van der Waals surface area contributed by atoms with Crippen LogP contribution < -0.4 is 0 Å². The van der Waals surface area contributed by atoms with Gasteiger partial charge in [0.15, 0.2) is 0 Å². The van der Waals surface area contributed by atoms with Gasteiger partial charge >= 0.3 is 0 Å². The molecule has 5 heteroatoms. The minimum atomic E-state index is -0.0275. The average molecular weight is 321 g/mol. The first kappa shape index (κ1) is 14.9. The molecule has 1 aliphatic carbocycles. The normalized spacial score (nSPS) is 17.5. The smallest absolute Gasteiger partial charge is 0.272 e. The van der Waals surface area contributed by atoms with Gasteiger partial charge in [0.25, 0.3) is 5.91 Å². The van der Waals surface area contributed by atoms with Crippen molar-refractivity contribution < 1.29 is 9.90 Å². The van der Waals surface area contributed by atoms with Crippen molar-refractivity contribution in [2.75, 3.05) is 13.1 Å². The molecule has 0 bridgehead atoms. The highest BCUT2D eigenvalue weighted by Gasteiger charge is 2.28. The predicted molar refractivity (Wildman–Crippen MR) is 90.6 cm³/mol. The van der Waals surface area contributed by atoms with Crippen molar-refractivity contribution in [1.29, 1.82) is 0 Å². The Morgan fingerprint density at radius 3 is 2.62 bits per heavy atom. The maximum absolute atomic E-state index is 12.7. The van der Waals surface area contributed by atoms with Crippen molar-refractivity contribution >= 4 is 11.5 Å². The minimum Gasteiger partial charge on any atom is -0.508 e. The molecular weight excluding hydrogens is 302 g/mol. The summed E-state index contributed by atoms with van der Waals surface area (Å²) in [5.41, 5.74) is 2.80. The Morgan fingerprint density at radius 1 is 1.17 bits per heavy atom. The summed E-state index contributed by atoms with van der Waals surface area (Å²) in [7, 11) is 0. The van der Waals surface area contributed by atoms with Crippen molar-refractivity contribution in [2.24, 2.45) is 0 Å². The van der Waals surface area contributed by atoms with E-state index < -0.39 is 0 Å². The van der Waals surface area contributed by atoms with E-state index >= 15 is 0 Å². The summed E-state index contributed by atoms with van der Waals surface area (Å²) < 4.78 is 0. The molecule has 1 saturated carbocycles. The van der Waals surface area contributed by atoms with Gasteiger partial charge in [0.1, 0.15) is 17.3 Å². The molecule has 2 aliphatic rings. The highest BCUT2D eigenvalue weighted by Crippen LogP contribution is 2.37. The van der Waals surface area contributed by atoms with E-state index in [4.69, 9.17) is 0 Å². The number of phenols is 1. The van der Waals surface area contributed by atoms with Crippen LogP contribution in [0.2, 0.25) is 0 Å². The van der Waals surface area contributed by atoms with E-state index in [1.165, 1.54) is 5.57 Å². The van der Waals surface area contributed by atoms with Gasteiger partial charge in [0.2, 0.25) is 0 Å². The number of hydrogen-bond acceptors (Lipinski definition) is 4. The second-order valence-corrected chi connectivity index (χ2v) is 6.35. The van der Waals surface area contributed by atoms with Crippen LogP contribution in [0, 0.1) is 0 Å². The van der Waals surface area contributed by atoms with Gasteiger partial charge in [-0.1, -0.05) is 18.2 Å². The van der Waals surface area contributed by atoms with E-state index in [-0.39, 0.29) is 11.7 Å². The molecule has 2 heterocycles. The number of benzene rings is 1. The number of phenolic OH excluding ortho intramolecular Hbond substituents is 1. The first-order valence-corrected chi connectivity index (χ1v) is 8.31. The van der Waals surface area contributed by atoms with Gasteiger partial charge in [0, 0.05) is 25.2 Å². The fourth-order valence-electron chi connectivity index (χ4n) is 2.98.